The number of rotatable bonds is 5. The van der Waals surface area contributed by atoms with Crippen molar-refractivity contribution in [1.82, 2.24) is 0 Å². The van der Waals surface area contributed by atoms with Gasteiger partial charge in [0.2, 0.25) is 0 Å². The van der Waals surface area contributed by atoms with Crippen molar-refractivity contribution in [2.75, 3.05) is 0 Å². The van der Waals surface area contributed by atoms with Crippen LogP contribution in [0.15, 0.2) is 12.1 Å². The van der Waals surface area contributed by atoms with E-state index in [1.165, 1.54) is 5.56 Å². The molecule has 0 fully saturated rings. The van der Waals surface area contributed by atoms with E-state index >= 15 is 0 Å². The number of benzene rings is 1. The summed E-state index contributed by atoms with van der Waals surface area (Å²) in [5.74, 6) is 0.0790. The second-order valence-corrected chi connectivity index (χ2v) is 3.92. The predicted molar refractivity (Wildman–Crippen MR) is 62.4 cm³/mol. The Balaban J connectivity index is 2.99. The average Bonchev–Trinajstić information content (AvgIpc) is 2.23. The van der Waals surface area contributed by atoms with E-state index in [4.69, 9.17) is 0 Å². The first-order chi connectivity index (χ1) is 7.20. The third-order valence-corrected chi connectivity index (χ3v) is 2.66. The van der Waals surface area contributed by atoms with E-state index in [1.54, 1.807) is 6.07 Å². The smallest absolute Gasteiger partial charge is 0.160 e. The van der Waals surface area contributed by atoms with Gasteiger partial charge in [0.1, 0.15) is 0 Å². The molecule has 0 spiro atoms. The van der Waals surface area contributed by atoms with Gasteiger partial charge < -0.3 is 10.2 Å². The molecule has 0 aliphatic rings. The third kappa shape index (κ3) is 2.88. The Hall–Kier alpha value is -1.18. The van der Waals surface area contributed by atoms with Gasteiger partial charge in [-0.1, -0.05) is 32.8 Å². The van der Waals surface area contributed by atoms with Gasteiger partial charge in [0.25, 0.3) is 0 Å². The molecule has 2 N–H and O–H groups in total. The molecule has 15 heavy (non-hydrogen) atoms. The maximum atomic E-state index is 9.78. The van der Waals surface area contributed by atoms with Crippen molar-refractivity contribution in [2.45, 2.75) is 46.0 Å². The molecule has 0 amide bonds. The number of aryl methyl sites for hydroxylation is 1. The van der Waals surface area contributed by atoms with Gasteiger partial charge in [0.15, 0.2) is 11.5 Å². The van der Waals surface area contributed by atoms with Crippen LogP contribution in [0.3, 0.4) is 0 Å². The molecule has 2 heteroatoms. The summed E-state index contributed by atoms with van der Waals surface area (Å²) in [5.41, 5.74) is 2.10. The van der Waals surface area contributed by atoms with Gasteiger partial charge in [-0.25, -0.2) is 0 Å². The van der Waals surface area contributed by atoms with Gasteiger partial charge in [0, 0.05) is 5.56 Å². The van der Waals surface area contributed by atoms with Crippen molar-refractivity contribution < 1.29 is 10.2 Å². The topological polar surface area (TPSA) is 40.5 Å². The number of hydrogen-bond acceptors (Lipinski definition) is 2. The first-order valence-electron chi connectivity index (χ1n) is 5.73. The summed E-state index contributed by atoms with van der Waals surface area (Å²) in [6.07, 6.45) is 5.02. The normalized spacial score (nSPS) is 10.5. The van der Waals surface area contributed by atoms with Gasteiger partial charge in [-0.15, -0.1) is 0 Å². The lowest BCUT2D eigenvalue weighted by Crippen LogP contribution is -1.95. The van der Waals surface area contributed by atoms with E-state index in [2.05, 4.69) is 13.8 Å². The Morgan fingerprint density at radius 1 is 1.00 bits per heavy atom. The van der Waals surface area contributed by atoms with Crippen molar-refractivity contribution in [3.8, 4) is 11.5 Å². The zero-order valence-corrected chi connectivity index (χ0v) is 9.58. The quantitative estimate of drug-likeness (QED) is 0.728. The highest BCUT2D eigenvalue weighted by atomic mass is 16.3. The highest BCUT2D eigenvalue weighted by Gasteiger charge is 2.10. The Kier molecular flexibility index (Phi) is 4.47. The molecule has 0 heterocycles. The lowest BCUT2D eigenvalue weighted by Gasteiger charge is -2.11. The van der Waals surface area contributed by atoms with Gasteiger partial charge in [0.05, 0.1) is 0 Å². The van der Waals surface area contributed by atoms with Gasteiger partial charge in [-0.05, 0) is 30.9 Å². The Labute approximate surface area is 91.6 Å². The van der Waals surface area contributed by atoms with Crippen molar-refractivity contribution in [1.29, 1.82) is 0 Å². The first-order valence-corrected chi connectivity index (χ1v) is 5.73. The van der Waals surface area contributed by atoms with E-state index in [1.807, 2.05) is 6.07 Å². The number of aromatic hydroxyl groups is 2. The number of hydrogen-bond donors (Lipinski definition) is 2. The van der Waals surface area contributed by atoms with Crippen molar-refractivity contribution in [2.24, 2.45) is 0 Å². The number of phenolic OH excluding ortho intramolecular Hbond substituents is 2. The second-order valence-electron chi connectivity index (χ2n) is 3.92. The maximum absolute atomic E-state index is 9.78. The molecule has 1 aromatic rings. The summed E-state index contributed by atoms with van der Waals surface area (Å²) in [7, 11) is 0. The van der Waals surface area contributed by atoms with Crippen LogP contribution in [-0.4, -0.2) is 10.2 Å². The van der Waals surface area contributed by atoms with E-state index in [-0.39, 0.29) is 11.5 Å². The van der Waals surface area contributed by atoms with E-state index < -0.39 is 0 Å². The molecular weight excluding hydrogens is 188 g/mol. The molecule has 0 aliphatic heterocycles. The zero-order chi connectivity index (χ0) is 11.3. The molecule has 1 rings (SSSR count). The highest BCUT2D eigenvalue weighted by molar-refractivity contribution is 5.49. The van der Waals surface area contributed by atoms with Gasteiger partial charge in [-0.3, -0.25) is 0 Å². The number of unbranched alkanes of at least 4 members (excludes halogenated alkanes) is 1. The zero-order valence-electron chi connectivity index (χ0n) is 9.58. The second kappa shape index (κ2) is 5.64. The first kappa shape index (κ1) is 11.9. The van der Waals surface area contributed by atoms with Crippen LogP contribution in [0.5, 0.6) is 11.5 Å². The Bertz CT molecular complexity index is 319. The Morgan fingerprint density at radius 2 is 1.73 bits per heavy atom. The van der Waals surface area contributed by atoms with Crippen LogP contribution in [0, 0.1) is 0 Å². The van der Waals surface area contributed by atoms with Crippen LogP contribution < -0.4 is 0 Å². The summed E-state index contributed by atoms with van der Waals surface area (Å²) in [4.78, 5) is 0. The van der Waals surface area contributed by atoms with Crippen molar-refractivity contribution in [3.05, 3.63) is 23.3 Å². The lowest BCUT2D eigenvalue weighted by molar-refractivity contribution is 0.398. The molecule has 0 aliphatic carbocycles. The minimum Gasteiger partial charge on any atom is -0.504 e. The van der Waals surface area contributed by atoms with Crippen molar-refractivity contribution >= 4 is 0 Å². The summed E-state index contributed by atoms with van der Waals surface area (Å²) >= 11 is 0. The standard InChI is InChI=1S/C13H20O2/c1-3-5-7-11-10(6-4-2)8-9-12(14)13(11)15/h8-9,14-15H,3-7H2,1-2H3. The molecule has 2 nitrogen and oxygen atoms in total. The lowest BCUT2D eigenvalue weighted by atomic mass is 9.97. The fourth-order valence-electron chi connectivity index (χ4n) is 1.80. The highest BCUT2D eigenvalue weighted by Crippen LogP contribution is 2.33. The van der Waals surface area contributed by atoms with Crippen LogP contribution in [0.2, 0.25) is 0 Å². The van der Waals surface area contributed by atoms with Gasteiger partial charge >= 0.3 is 0 Å². The summed E-state index contributed by atoms with van der Waals surface area (Å²) in [5, 5.41) is 19.2. The van der Waals surface area contributed by atoms with Gasteiger partial charge in [-0.2, -0.15) is 0 Å². The summed E-state index contributed by atoms with van der Waals surface area (Å²) in [6.45, 7) is 4.24. The molecule has 0 atom stereocenters. The summed E-state index contributed by atoms with van der Waals surface area (Å²) < 4.78 is 0. The van der Waals surface area contributed by atoms with E-state index in [9.17, 15) is 10.2 Å². The largest absolute Gasteiger partial charge is 0.504 e. The molecule has 0 radical (unpaired) electrons. The SMILES string of the molecule is CCCCc1c(CCC)ccc(O)c1O. The van der Waals surface area contributed by atoms with Crippen molar-refractivity contribution in [3.63, 3.8) is 0 Å². The molecule has 0 bridgehead atoms. The number of phenols is 2. The predicted octanol–water partition coefficient (Wildman–Crippen LogP) is 3.39. The fourth-order valence-corrected chi connectivity index (χ4v) is 1.80. The average molecular weight is 208 g/mol. The molecular formula is C13H20O2. The monoisotopic (exact) mass is 208 g/mol. The van der Waals surface area contributed by atoms with E-state index in [0.717, 1.165) is 37.7 Å². The minimum absolute atomic E-state index is 0.000885. The van der Waals surface area contributed by atoms with Crippen LogP contribution in [0.4, 0.5) is 0 Å². The van der Waals surface area contributed by atoms with Crippen LogP contribution >= 0.6 is 0 Å². The fraction of sp³-hybridized carbons (Fsp3) is 0.538. The van der Waals surface area contributed by atoms with Crippen LogP contribution in [0.25, 0.3) is 0 Å². The van der Waals surface area contributed by atoms with E-state index in [0.29, 0.717) is 0 Å². The maximum Gasteiger partial charge on any atom is 0.160 e. The molecule has 0 unspecified atom stereocenters. The molecule has 1 aromatic carbocycles. The summed E-state index contributed by atoms with van der Waals surface area (Å²) in [6, 6.07) is 3.50. The molecule has 0 saturated carbocycles. The molecule has 0 aromatic heterocycles. The third-order valence-electron chi connectivity index (χ3n) is 2.66. The molecule has 84 valence electrons. The minimum atomic E-state index is 0.000885. The molecule has 0 saturated heterocycles. The van der Waals surface area contributed by atoms with Crippen LogP contribution in [-0.2, 0) is 12.8 Å². The Morgan fingerprint density at radius 3 is 2.33 bits per heavy atom. The van der Waals surface area contributed by atoms with Crippen LogP contribution in [0.1, 0.15) is 44.2 Å².